The van der Waals surface area contributed by atoms with Crippen molar-refractivity contribution in [3.8, 4) is 11.3 Å². The summed E-state index contributed by atoms with van der Waals surface area (Å²) in [7, 11) is 4.40. The van der Waals surface area contributed by atoms with Gasteiger partial charge >= 0.3 is 7.12 Å². The van der Waals surface area contributed by atoms with Gasteiger partial charge in [0.25, 0.3) is 28.5 Å². The molecule has 20 nitrogen and oxygen atoms in total. The smallest absolute Gasteiger partial charge is 0.398 e. The van der Waals surface area contributed by atoms with Crippen molar-refractivity contribution in [1.82, 2.24) is 49.3 Å². The van der Waals surface area contributed by atoms with Crippen LogP contribution in [0.2, 0.25) is 5.28 Å². The number of hydrogen-bond acceptors (Lipinski definition) is 13. The van der Waals surface area contributed by atoms with Crippen LogP contribution in [0.5, 0.6) is 0 Å². The van der Waals surface area contributed by atoms with Gasteiger partial charge in [0.1, 0.15) is 17.5 Å². The van der Waals surface area contributed by atoms with Gasteiger partial charge in [0.2, 0.25) is 17.2 Å². The third-order valence-electron chi connectivity index (χ3n) is 18.2. The van der Waals surface area contributed by atoms with E-state index in [4.69, 9.17) is 26.6 Å². The van der Waals surface area contributed by atoms with E-state index in [9.17, 15) is 37.1 Å². The number of H-pyrrole nitrogens is 2. The molecule has 90 heavy (non-hydrogen) atoms. The summed E-state index contributed by atoms with van der Waals surface area (Å²) in [6, 6.07) is 11.4. The second-order valence-corrected chi connectivity index (χ2v) is 27.7. The summed E-state index contributed by atoms with van der Waals surface area (Å²) in [6.45, 7) is 18.2. The molecule has 0 unspecified atom stereocenters. The van der Waals surface area contributed by atoms with E-state index in [0.29, 0.717) is 56.1 Å². The summed E-state index contributed by atoms with van der Waals surface area (Å²) in [5.41, 5.74) is 9.39. The number of hydrogen-bond donors (Lipinski definition) is 7. The number of amides is 2. The first-order valence-corrected chi connectivity index (χ1v) is 31.4. The highest BCUT2D eigenvalue weighted by Crippen LogP contribution is 2.40. The van der Waals surface area contributed by atoms with E-state index in [1.165, 1.54) is 82.8 Å². The van der Waals surface area contributed by atoms with Crippen molar-refractivity contribution in [3.63, 3.8) is 0 Å². The van der Waals surface area contributed by atoms with Crippen molar-refractivity contribution in [2.75, 3.05) is 10.6 Å². The van der Waals surface area contributed by atoms with Gasteiger partial charge in [0, 0.05) is 49.0 Å². The Labute approximate surface area is 545 Å². The minimum absolute atomic E-state index is 0. The van der Waals surface area contributed by atoms with E-state index in [1.807, 2.05) is 47.6 Å². The lowest BCUT2D eigenvalue weighted by Crippen LogP contribution is -2.43. The van der Waals surface area contributed by atoms with Crippen LogP contribution in [0.4, 0.5) is 25.1 Å². The van der Waals surface area contributed by atoms with Gasteiger partial charge in [0.05, 0.1) is 93.0 Å². The first-order valence-electron chi connectivity index (χ1n) is 29.5. The number of aromatic amines is 2. The Hall–Kier alpha value is -6.55. The molecule has 2 atom stereocenters. The summed E-state index contributed by atoms with van der Waals surface area (Å²) in [5, 5.41) is 13.4. The fourth-order valence-electron chi connectivity index (χ4n) is 11.2. The molecule has 14 rings (SSSR count). The predicted molar refractivity (Wildman–Crippen MR) is 355 cm³/mol. The van der Waals surface area contributed by atoms with Gasteiger partial charge in [0.15, 0.2) is 0 Å². The number of aromatic nitrogens is 8. The Bertz CT molecular complexity index is 4350. The molecule has 0 bridgehead atoms. The number of halogens is 7. The molecule has 28 heteroatoms. The number of nitrogens with one attached hydrogen (secondary N) is 6. The predicted octanol–water partition coefficient (Wildman–Crippen LogP) is 11.3. The summed E-state index contributed by atoms with van der Waals surface area (Å²) in [4.78, 5) is 80.3. The lowest BCUT2D eigenvalue weighted by molar-refractivity contribution is 0.00578. The van der Waals surface area contributed by atoms with E-state index in [-0.39, 0.29) is 112 Å². The molecule has 1 saturated heterocycles. The van der Waals surface area contributed by atoms with Crippen LogP contribution < -0.4 is 49.3 Å². The van der Waals surface area contributed by atoms with Crippen LogP contribution >= 0.6 is 55.9 Å². The number of nitrogens with zero attached hydrogens (tertiary/aromatic N) is 6. The lowest BCUT2D eigenvalue weighted by atomic mass is 9.79. The highest BCUT2D eigenvalue weighted by molar-refractivity contribution is 9.11. The molecule has 480 valence electrons. The van der Waals surface area contributed by atoms with E-state index < -0.39 is 24.6 Å². The Morgan fingerprint density at radius 2 is 0.989 bits per heavy atom. The molecule has 3 aliphatic carbocycles. The monoisotopic (exact) mass is 1410 g/mol. The Morgan fingerprint density at radius 3 is 1.40 bits per heavy atom. The Morgan fingerprint density at radius 1 is 0.600 bits per heavy atom. The molecule has 3 aromatic carbocycles. The van der Waals surface area contributed by atoms with Gasteiger partial charge in [-0.15, -0.1) is 12.4 Å². The van der Waals surface area contributed by atoms with Crippen LogP contribution in [0.1, 0.15) is 164 Å². The molecule has 6 aliphatic rings. The average Bonchev–Trinajstić information content (AvgIpc) is 1.33. The number of carbonyl (C=O) groups excluding carboxylic acids is 2. The summed E-state index contributed by atoms with van der Waals surface area (Å²) < 4.78 is 58.2. The van der Waals surface area contributed by atoms with E-state index >= 15 is 0 Å². The first-order chi connectivity index (χ1) is 41.6. The second-order valence-electron chi connectivity index (χ2n) is 25.8. The SMILES string of the molecule is CC1(N)CCC1.C[C@H]1NC(=O)c2cc(-c3c(F)ccc4c(=O)n(C)c(NC5(C)CCC5)nc34)[nH]c21.C[C@H]1NC(=O)c2cc(B3OC(C)(C)C(C)(C)O3)[nH]c21.Cl.Cn1c(Cl)nc2c(Br)c(F)ccc2c1=O.Cn1c(NC2(C)CCC2)nc2c(Br)c(F)ccc2c1=O. The van der Waals surface area contributed by atoms with Crippen molar-refractivity contribution >= 4 is 125 Å². The molecule has 8 heterocycles. The molecule has 8 aromatic rings. The van der Waals surface area contributed by atoms with E-state index in [1.54, 1.807) is 20.2 Å². The summed E-state index contributed by atoms with van der Waals surface area (Å²) >= 11 is 11.9. The van der Waals surface area contributed by atoms with Crippen molar-refractivity contribution in [2.45, 2.75) is 160 Å². The van der Waals surface area contributed by atoms with Crippen LogP contribution in [0, 0.1) is 17.5 Å². The summed E-state index contributed by atoms with van der Waals surface area (Å²) in [5.74, 6) is -0.718. The molecule has 0 spiro atoms. The minimum atomic E-state index is -0.493. The normalized spacial score (nSPS) is 19.7. The highest BCUT2D eigenvalue weighted by Gasteiger charge is 2.53. The Kier molecular flexibility index (Phi) is 19.0. The van der Waals surface area contributed by atoms with Gasteiger partial charge in [-0.25, -0.2) is 28.1 Å². The molecule has 3 aliphatic heterocycles. The van der Waals surface area contributed by atoms with Crippen LogP contribution in [0.3, 0.4) is 0 Å². The van der Waals surface area contributed by atoms with Crippen LogP contribution in [0.15, 0.2) is 71.9 Å². The van der Waals surface area contributed by atoms with Gasteiger partial charge in [-0.2, -0.15) is 0 Å². The number of fused-ring (bicyclic) bond motifs is 5. The maximum Gasteiger partial charge on any atom is 0.512 e. The first kappa shape index (κ1) is 67.8. The van der Waals surface area contributed by atoms with E-state index in [2.05, 4.69) is 98.8 Å². The minimum Gasteiger partial charge on any atom is -0.398 e. The number of benzene rings is 3. The van der Waals surface area contributed by atoms with Crippen molar-refractivity contribution < 1.29 is 32.1 Å². The second kappa shape index (κ2) is 25.2. The molecular weight excluding hydrogens is 1340 g/mol. The molecule has 8 N–H and O–H groups in total. The fourth-order valence-corrected chi connectivity index (χ4v) is 12.2. The van der Waals surface area contributed by atoms with Crippen molar-refractivity contribution in [1.29, 1.82) is 0 Å². The molecule has 3 saturated carbocycles. The van der Waals surface area contributed by atoms with Gasteiger partial charge < -0.3 is 46.3 Å². The quantitative estimate of drug-likeness (QED) is 0.0604. The fraction of sp³-hybridized carbons (Fsp3) is 0.452. The van der Waals surface area contributed by atoms with Crippen LogP contribution in [-0.4, -0.2) is 85.4 Å². The number of anilines is 2. The van der Waals surface area contributed by atoms with Gasteiger partial charge in [-0.3, -0.25) is 37.7 Å². The lowest BCUT2D eigenvalue weighted by Gasteiger charge is -2.39. The zero-order chi connectivity index (χ0) is 64.8. The third kappa shape index (κ3) is 13.0. The molecule has 5 aromatic heterocycles. The van der Waals surface area contributed by atoms with Crippen molar-refractivity contribution in [2.24, 2.45) is 26.9 Å². The largest absolute Gasteiger partial charge is 0.512 e. The zero-order valence-electron chi connectivity index (χ0n) is 52.0. The molecule has 0 radical (unpaired) electrons. The van der Waals surface area contributed by atoms with Crippen molar-refractivity contribution in [3.05, 3.63) is 134 Å². The topological polar surface area (TPSA) is 263 Å². The average molecular weight is 1410 g/mol. The number of rotatable bonds is 6. The standard InChI is InChI=1S/C21H22FN5O2.C14H15BrFN3O.C13H19BN2O3.C9H5BrClFN2O.C5H11N.ClH/c1-10-16-12(18(28)23-10)9-14(24-16)15-13(22)6-5-11-17(15)25-20(27(3)19(11)29)26-21(2)7-4-8-21;1-14(6-3-7-14)18-13-17-11-8(12(20)19(13)2)4-5-9(16)10(11)15;1-7-10-8(11(17)15-7)6-9(16-10)14-18-12(2,3)13(4,5)19-14;1-14-8(15)4-2-3-5(12)6(10)7(4)13-9(14)11;1-5(6)3-2-4-5;/h5-6,9-10,24H,4,7-8H2,1-3H3,(H,23,28)(H,25,26);4-5H,3,6-7H2,1-2H3,(H,17,18);6-7,16H,1-5H3,(H,15,17);2-3H,1H3;2-4,6H2,1H3;1H/t10-;;7-;;;/m1.1.../s1. The van der Waals surface area contributed by atoms with Crippen LogP contribution in [-0.2, 0) is 30.5 Å². The third-order valence-corrected chi connectivity index (χ3v) is 20.1. The maximum atomic E-state index is 15.0. The van der Waals surface area contributed by atoms with E-state index in [0.717, 1.165) is 43.4 Å². The summed E-state index contributed by atoms with van der Waals surface area (Å²) in [6.07, 6.45) is 10.2. The molecular formula is C62H73BBr2Cl2F3N13O7. The van der Waals surface area contributed by atoms with Gasteiger partial charge in [-0.1, -0.05) is 0 Å². The van der Waals surface area contributed by atoms with Gasteiger partial charge in [-0.05, 0) is 212 Å². The highest BCUT2D eigenvalue weighted by atomic mass is 79.9. The zero-order valence-corrected chi connectivity index (χ0v) is 56.8. The number of carbonyl (C=O) groups is 2. The Balaban J connectivity index is 0.000000141. The molecule has 2 amide bonds. The maximum absolute atomic E-state index is 15.0. The molecule has 4 fully saturated rings. The number of nitrogens with two attached hydrogens (primary N) is 1. The van der Waals surface area contributed by atoms with Crippen LogP contribution in [0.25, 0.3) is 44.0 Å².